The molecule has 4 aliphatic carbocycles. The average molecular weight is 444 g/mol. The van der Waals surface area contributed by atoms with E-state index in [1.54, 1.807) is 16.7 Å². The summed E-state index contributed by atoms with van der Waals surface area (Å²) >= 11 is 0. The largest absolute Gasteiger partial charge is 0.392 e. The second-order valence-corrected chi connectivity index (χ2v) is 11.6. The zero-order chi connectivity index (χ0) is 23.4. The monoisotopic (exact) mass is 443 g/mol. The quantitative estimate of drug-likeness (QED) is 0.516. The summed E-state index contributed by atoms with van der Waals surface area (Å²) in [4.78, 5) is 2.17. The Morgan fingerprint density at radius 1 is 1.03 bits per heavy atom. The fraction of sp³-hybridized carbons (Fsp3) is 0.613. The molecule has 2 heteroatoms. The van der Waals surface area contributed by atoms with Crippen molar-refractivity contribution in [2.75, 3.05) is 19.0 Å². The van der Waals surface area contributed by atoms with Gasteiger partial charge in [-0.1, -0.05) is 36.6 Å². The highest BCUT2D eigenvalue weighted by Gasteiger charge is 2.62. The average Bonchev–Trinajstić information content (AvgIpc) is 3.12. The van der Waals surface area contributed by atoms with E-state index in [2.05, 4.69) is 68.1 Å². The molecule has 2 saturated carbocycles. The van der Waals surface area contributed by atoms with Crippen LogP contribution >= 0.6 is 0 Å². The van der Waals surface area contributed by atoms with Crippen molar-refractivity contribution in [1.82, 2.24) is 0 Å². The predicted molar refractivity (Wildman–Crippen MR) is 138 cm³/mol. The molecular weight excluding hydrogens is 402 g/mol. The fourth-order valence-electron chi connectivity index (χ4n) is 8.25. The molecule has 6 atom stereocenters. The van der Waals surface area contributed by atoms with Gasteiger partial charge in [-0.25, -0.2) is 0 Å². The number of hydrogen-bond donors (Lipinski definition) is 1. The number of benzene rings is 1. The minimum atomic E-state index is -0.359. The van der Waals surface area contributed by atoms with Crippen LogP contribution in [0.2, 0.25) is 0 Å². The van der Waals surface area contributed by atoms with Gasteiger partial charge < -0.3 is 10.0 Å². The second kappa shape index (κ2) is 8.35. The molecule has 33 heavy (non-hydrogen) atoms. The lowest BCUT2D eigenvalue weighted by molar-refractivity contribution is -0.0382. The van der Waals surface area contributed by atoms with Crippen molar-refractivity contribution in [3.05, 3.63) is 52.6 Å². The Balaban J connectivity index is 1.43. The Kier molecular flexibility index (Phi) is 5.77. The molecule has 5 rings (SSSR count). The Bertz CT molecular complexity index is 1030. The van der Waals surface area contributed by atoms with Crippen LogP contribution in [0.4, 0.5) is 5.69 Å². The Labute approximate surface area is 201 Å². The molecule has 4 aliphatic rings. The van der Waals surface area contributed by atoms with Crippen LogP contribution in [0.1, 0.15) is 83.6 Å². The molecular formula is C31H41NO. The van der Waals surface area contributed by atoms with Crippen molar-refractivity contribution in [1.29, 1.82) is 0 Å². The highest BCUT2D eigenvalue weighted by atomic mass is 16.3. The summed E-state index contributed by atoms with van der Waals surface area (Å²) in [7, 11) is 4.21. The van der Waals surface area contributed by atoms with Crippen LogP contribution in [0.25, 0.3) is 0 Å². The molecule has 2 nitrogen and oxygen atoms in total. The maximum atomic E-state index is 10.9. The topological polar surface area (TPSA) is 23.5 Å². The number of fused-ring (bicyclic) bond motifs is 4. The summed E-state index contributed by atoms with van der Waals surface area (Å²) in [6.07, 6.45) is 11.9. The second-order valence-electron chi connectivity index (χ2n) is 11.6. The Morgan fingerprint density at radius 3 is 2.45 bits per heavy atom. The summed E-state index contributed by atoms with van der Waals surface area (Å²) in [5.41, 5.74) is 7.78. The Hall–Kier alpha value is -1.98. The van der Waals surface area contributed by atoms with Crippen LogP contribution in [0.3, 0.4) is 0 Å². The first kappa shape index (κ1) is 22.8. The van der Waals surface area contributed by atoms with Crippen LogP contribution in [-0.2, 0) is 0 Å². The molecule has 0 aliphatic heterocycles. The van der Waals surface area contributed by atoms with E-state index < -0.39 is 0 Å². The number of allylic oxidation sites excluding steroid dienone is 4. The smallest absolute Gasteiger partial charge is 0.0683 e. The zero-order valence-corrected chi connectivity index (χ0v) is 21.2. The number of rotatable bonds is 3. The number of hydrogen-bond acceptors (Lipinski definition) is 2. The van der Waals surface area contributed by atoms with E-state index in [9.17, 15) is 5.11 Å². The molecule has 0 bridgehead atoms. The molecule has 0 spiro atoms. The van der Waals surface area contributed by atoms with Gasteiger partial charge in [0.2, 0.25) is 0 Å². The lowest BCUT2D eigenvalue weighted by Crippen LogP contribution is -2.49. The molecule has 176 valence electrons. The molecule has 1 aromatic rings. The minimum Gasteiger partial charge on any atom is -0.392 e. The number of nitrogens with zero attached hydrogens (tertiary/aromatic N) is 1. The third-order valence-corrected chi connectivity index (χ3v) is 10.0. The van der Waals surface area contributed by atoms with Gasteiger partial charge in [0.1, 0.15) is 0 Å². The highest BCUT2D eigenvalue weighted by molar-refractivity contribution is 5.50. The maximum absolute atomic E-state index is 10.9. The molecule has 0 heterocycles. The lowest BCUT2D eigenvalue weighted by Gasteiger charge is -2.53. The third kappa shape index (κ3) is 3.42. The third-order valence-electron chi connectivity index (χ3n) is 10.0. The van der Waals surface area contributed by atoms with Gasteiger partial charge in [0.15, 0.2) is 0 Å². The molecule has 2 fully saturated rings. The number of aliphatic hydroxyl groups excluding tert-OH is 1. The van der Waals surface area contributed by atoms with E-state index in [0.717, 1.165) is 6.42 Å². The molecule has 2 unspecified atom stereocenters. The van der Waals surface area contributed by atoms with Gasteiger partial charge in [-0.05, 0) is 111 Å². The first-order chi connectivity index (χ1) is 15.8. The van der Waals surface area contributed by atoms with E-state index >= 15 is 0 Å². The van der Waals surface area contributed by atoms with Crippen LogP contribution in [0.15, 0.2) is 47.1 Å². The first-order valence-electron chi connectivity index (χ1n) is 13.1. The van der Waals surface area contributed by atoms with Gasteiger partial charge in [-0.3, -0.25) is 0 Å². The lowest BCUT2D eigenvalue weighted by atomic mass is 9.51. The van der Waals surface area contributed by atoms with Gasteiger partial charge >= 0.3 is 0 Å². The van der Waals surface area contributed by atoms with Crippen molar-refractivity contribution in [3.63, 3.8) is 0 Å². The van der Waals surface area contributed by atoms with Crippen molar-refractivity contribution >= 4 is 5.69 Å². The van der Waals surface area contributed by atoms with Gasteiger partial charge in [0.25, 0.3) is 0 Å². The summed E-state index contributed by atoms with van der Waals surface area (Å²) in [5, 5.41) is 10.9. The van der Waals surface area contributed by atoms with Crippen molar-refractivity contribution in [2.45, 2.75) is 84.2 Å². The van der Waals surface area contributed by atoms with Crippen molar-refractivity contribution in [3.8, 4) is 11.8 Å². The fourth-order valence-corrected chi connectivity index (χ4v) is 8.25. The van der Waals surface area contributed by atoms with Gasteiger partial charge in [0.05, 0.1) is 11.5 Å². The van der Waals surface area contributed by atoms with Crippen LogP contribution in [0.5, 0.6) is 0 Å². The van der Waals surface area contributed by atoms with Gasteiger partial charge in [0, 0.05) is 25.7 Å². The molecule has 1 N–H and O–H groups in total. The van der Waals surface area contributed by atoms with Crippen LogP contribution in [-0.4, -0.2) is 25.3 Å². The summed E-state index contributed by atoms with van der Waals surface area (Å²) in [6, 6.07) is 9.17. The molecule has 1 aromatic carbocycles. The van der Waals surface area contributed by atoms with E-state index in [1.165, 1.54) is 56.2 Å². The van der Waals surface area contributed by atoms with E-state index in [-0.39, 0.29) is 16.9 Å². The molecule has 0 amide bonds. The Morgan fingerprint density at radius 2 is 1.79 bits per heavy atom. The minimum absolute atomic E-state index is 0.130. The predicted octanol–water partition coefficient (Wildman–Crippen LogP) is 6.86. The normalized spacial score (nSPS) is 36.1. The van der Waals surface area contributed by atoms with Crippen LogP contribution < -0.4 is 4.90 Å². The van der Waals surface area contributed by atoms with Crippen molar-refractivity contribution in [2.24, 2.45) is 22.7 Å². The number of aliphatic hydroxyl groups is 1. The van der Waals surface area contributed by atoms with E-state index in [4.69, 9.17) is 0 Å². The van der Waals surface area contributed by atoms with E-state index in [0.29, 0.717) is 17.8 Å². The molecule has 0 saturated heterocycles. The standard InChI is InChI=1S/C31H41NO/c1-6-17-31(21(2)33)19-16-29-28-14-10-24-20-23(22-7-11-25(12-8-22)32(4)5)9-13-26(24)27(28)15-18-30(29,31)3/h7-8,11-12,20-21,23,28-29,33H,9-10,13-16,18-19H2,1-5H3/t21?,23?,28-,29+,30+,31-/m1/s1. The first-order valence-corrected chi connectivity index (χ1v) is 13.1. The molecule has 0 aromatic heterocycles. The summed E-state index contributed by atoms with van der Waals surface area (Å²) in [6.45, 7) is 6.39. The van der Waals surface area contributed by atoms with Gasteiger partial charge in [-0.15, -0.1) is 5.92 Å². The highest BCUT2D eigenvalue weighted by Crippen LogP contribution is 2.67. The van der Waals surface area contributed by atoms with Crippen molar-refractivity contribution < 1.29 is 5.11 Å². The summed E-state index contributed by atoms with van der Waals surface area (Å²) < 4.78 is 0. The maximum Gasteiger partial charge on any atom is 0.0683 e. The summed E-state index contributed by atoms with van der Waals surface area (Å²) in [5.74, 6) is 8.68. The SMILES string of the molecule is CC#C[C@]1(C(C)O)CC[C@H]2[C@@H]3CCC4=CC(c5ccc(N(C)C)cc5)CCC4=C3CC[C@@]21C. The molecule has 0 radical (unpaired) electrons. The number of anilines is 1. The van der Waals surface area contributed by atoms with Gasteiger partial charge in [-0.2, -0.15) is 0 Å². The zero-order valence-electron chi connectivity index (χ0n) is 21.2. The van der Waals surface area contributed by atoms with E-state index in [1.807, 2.05) is 13.8 Å². The van der Waals surface area contributed by atoms with Crippen LogP contribution in [0, 0.1) is 34.5 Å².